The highest BCUT2D eigenvalue weighted by atomic mass is 32.2. The summed E-state index contributed by atoms with van der Waals surface area (Å²) in [6.07, 6.45) is 2.54. The molecule has 4 N–H and O–H groups in total. The van der Waals surface area contributed by atoms with E-state index in [-0.39, 0.29) is 30.4 Å². The van der Waals surface area contributed by atoms with E-state index in [9.17, 15) is 22.8 Å². The van der Waals surface area contributed by atoms with E-state index in [1.54, 1.807) is 14.0 Å². The van der Waals surface area contributed by atoms with Crippen molar-refractivity contribution in [1.29, 1.82) is 0 Å². The second-order valence-electron chi connectivity index (χ2n) is 9.45. The number of hydrogen-bond acceptors (Lipinski definition) is 6. The fraction of sp³-hybridized carbons (Fsp3) is 0.609. The summed E-state index contributed by atoms with van der Waals surface area (Å²) < 4.78 is 26.3. The van der Waals surface area contributed by atoms with Gasteiger partial charge in [0.25, 0.3) is 0 Å². The van der Waals surface area contributed by atoms with Crippen molar-refractivity contribution in [3.8, 4) is 0 Å². The van der Waals surface area contributed by atoms with E-state index in [0.717, 1.165) is 19.3 Å². The number of hydrogen-bond donors (Lipinski definition) is 3. The predicted octanol–water partition coefficient (Wildman–Crippen LogP) is -0.269. The molecule has 2 heterocycles. The van der Waals surface area contributed by atoms with Crippen LogP contribution in [0.2, 0.25) is 0 Å². The quantitative estimate of drug-likeness (QED) is 0.535. The van der Waals surface area contributed by atoms with E-state index in [2.05, 4.69) is 22.8 Å². The van der Waals surface area contributed by atoms with Crippen molar-refractivity contribution in [2.75, 3.05) is 12.8 Å². The van der Waals surface area contributed by atoms with Crippen molar-refractivity contribution in [1.82, 2.24) is 15.5 Å². The molecule has 6 atom stereocenters. The lowest BCUT2D eigenvalue weighted by molar-refractivity contribution is -0.142. The number of likely N-dealkylation sites (N-methyl/N-ethyl adjacent to an activating group) is 1. The first kappa shape index (κ1) is 23.7. The third kappa shape index (κ3) is 4.38. The molecule has 2 fully saturated rings. The Labute approximate surface area is 194 Å². The van der Waals surface area contributed by atoms with Gasteiger partial charge in [0.2, 0.25) is 17.7 Å². The molecular formula is C23H32N4O5S. The van der Waals surface area contributed by atoms with E-state index >= 15 is 0 Å². The van der Waals surface area contributed by atoms with E-state index in [4.69, 9.17) is 5.73 Å². The van der Waals surface area contributed by atoms with Gasteiger partial charge in [0.05, 0.1) is 11.8 Å². The Kier molecular flexibility index (Phi) is 6.50. The van der Waals surface area contributed by atoms with Crippen molar-refractivity contribution in [2.45, 2.75) is 62.5 Å². The van der Waals surface area contributed by atoms with E-state index < -0.39 is 51.1 Å². The molecule has 0 aromatic heterocycles. The molecule has 1 aromatic rings. The molecule has 9 nitrogen and oxygen atoms in total. The standard InChI is InChI=1S/C23H32N4O5S/c1-13(25-2)22(29)26-18-9-10-33(31,32)19-12-17(20(21(24)28)27(19)23(18)30)16-8-7-14-5-3-4-6-15(14)11-16/h3-6,13,16-20,25H,7-12H2,1-2H3,(H2,24,28)(H,26,29)/t13-,16?,17?,18?,19-,20+/m0/s1. The zero-order chi connectivity index (χ0) is 23.9. The van der Waals surface area contributed by atoms with Gasteiger partial charge in [-0.15, -0.1) is 0 Å². The molecule has 10 heteroatoms. The number of fused-ring (bicyclic) bond motifs is 2. The van der Waals surface area contributed by atoms with Gasteiger partial charge >= 0.3 is 0 Å². The van der Waals surface area contributed by atoms with E-state index in [1.807, 2.05) is 12.1 Å². The van der Waals surface area contributed by atoms with Crippen LogP contribution >= 0.6 is 0 Å². The fourth-order valence-electron chi connectivity index (χ4n) is 5.63. The van der Waals surface area contributed by atoms with Crippen LogP contribution in [0.25, 0.3) is 0 Å². The number of carbonyl (C=O) groups excluding carboxylic acids is 3. The molecule has 0 radical (unpaired) electrons. The van der Waals surface area contributed by atoms with Crippen LogP contribution in [0.3, 0.4) is 0 Å². The minimum atomic E-state index is -3.69. The molecule has 3 amide bonds. The minimum Gasteiger partial charge on any atom is -0.368 e. The van der Waals surface area contributed by atoms with Crippen LogP contribution in [0.4, 0.5) is 0 Å². The largest absolute Gasteiger partial charge is 0.368 e. The van der Waals surface area contributed by atoms with Gasteiger partial charge < -0.3 is 21.3 Å². The first-order valence-corrected chi connectivity index (χ1v) is 13.2. The number of aryl methyl sites for hydroxylation is 1. The maximum atomic E-state index is 13.5. The highest BCUT2D eigenvalue weighted by Crippen LogP contribution is 2.43. The Morgan fingerprint density at radius 3 is 2.55 bits per heavy atom. The SMILES string of the molecule is CN[C@@H](C)C(=O)NC1CCS(=O)(=O)[C@H]2CC(C3CCc4ccccc4C3)[C@H](C(N)=O)N2C1=O. The molecule has 0 spiro atoms. The summed E-state index contributed by atoms with van der Waals surface area (Å²) >= 11 is 0. The van der Waals surface area contributed by atoms with Crippen LogP contribution < -0.4 is 16.4 Å². The molecule has 3 unspecified atom stereocenters. The number of amides is 3. The number of nitrogens with zero attached hydrogens (tertiary/aromatic N) is 1. The maximum Gasteiger partial charge on any atom is 0.246 e. The van der Waals surface area contributed by atoms with Crippen LogP contribution in [-0.4, -0.2) is 67.3 Å². The molecule has 3 aliphatic rings. The van der Waals surface area contributed by atoms with Crippen molar-refractivity contribution in [3.63, 3.8) is 0 Å². The molecule has 180 valence electrons. The zero-order valence-electron chi connectivity index (χ0n) is 19.0. The molecule has 1 aliphatic carbocycles. The Morgan fingerprint density at radius 2 is 1.88 bits per heavy atom. The van der Waals surface area contributed by atoms with Gasteiger partial charge in [-0.25, -0.2) is 8.42 Å². The van der Waals surface area contributed by atoms with Gasteiger partial charge in [-0.1, -0.05) is 24.3 Å². The highest BCUT2D eigenvalue weighted by Gasteiger charge is 2.56. The number of rotatable bonds is 5. The maximum absolute atomic E-state index is 13.5. The number of benzene rings is 1. The Bertz CT molecular complexity index is 1060. The van der Waals surface area contributed by atoms with Gasteiger partial charge in [0.1, 0.15) is 17.5 Å². The normalized spacial score (nSPS) is 31.8. The summed E-state index contributed by atoms with van der Waals surface area (Å²) in [6, 6.07) is 5.56. The summed E-state index contributed by atoms with van der Waals surface area (Å²) in [5.74, 6) is -2.16. The summed E-state index contributed by atoms with van der Waals surface area (Å²) in [4.78, 5) is 39.8. The molecule has 33 heavy (non-hydrogen) atoms. The third-order valence-electron chi connectivity index (χ3n) is 7.57. The Hall–Kier alpha value is -2.46. The molecular weight excluding hydrogens is 444 g/mol. The lowest BCUT2D eigenvalue weighted by atomic mass is 9.74. The molecule has 2 aliphatic heterocycles. The average Bonchev–Trinajstić information content (AvgIpc) is 3.19. The first-order chi connectivity index (χ1) is 15.6. The van der Waals surface area contributed by atoms with Crippen LogP contribution in [0, 0.1) is 11.8 Å². The Balaban J connectivity index is 1.65. The highest BCUT2D eigenvalue weighted by molar-refractivity contribution is 7.92. The van der Waals surface area contributed by atoms with Crippen molar-refractivity contribution in [2.24, 2.45) is 17.6 Å². The molecule has 0 bridgehead atoms. The first-order valence-electron chi connectivity index (χ1n) is 11.5. The van der Waals surface area contributed by atoms with E-state index in [1.165, 1.54) is 16.0 Å². The van der Waals surface area contributed by atoms with Gasteiger partial charge in [-0.3, -0.25) is 14.4 Å². The second kappa shape index (κ2) is 9.06. The minimum absolute atomic E-state index is 0.0245. The number of nitrogens with two attached hydrogens (primary N) is 1. The molecule has 1 aromatic carbocycles. The van der Waals surface area contributed by atoms with Gasteiger partial charge in [-0.05, 0) is 69.0 Å². The summed E-state index contributed by atoms with van der Waals surface area (Å²) in [7, 11) is -2.07. The van der Waals surface area contributed by atoms with Crippen molar-refractivity contribution in [3.05, 3.63) is 35.4 Å². The fourth-order valence-corrected chi connectivity index (χ4v) is 7.57. The number of carbonyl (C=O) groups is 3. The lowest BCUT2D eigenvalue weighted by Gasteiger charge is -2.34. The van der Waals surface area contributed by atoms with E-state index in [0.29, 0.717) is 0 Å². The molecule has 4 rings (SSSR count). The van der Waals surface area contributed by atoms with Crippen LogP contribution in [-0.2, 0) is 37.1 Å². The summed E-state index contributed by atoms with van der Waals surface area (Å²) in [6.45, 7) is 1.65. The third-order valence-corrected chi connectivity index (χ3v) is 9.63. The topological polar surface area (TPSA) is 139 Å². The lowest BCUT2D eigenvalue weighted by Crippen LogP contribution is -2.57. The van der Waals surface area contributed by atoms with Crippen LogP contribution in [0.15, 0.2) is 24.3 Å². The average molecular weight is 477 g/mol. The monoisotopic (exact) mass is 476 g/mol. The molecule has 2 saturated heterocycles. The van der Waals surface area contributed by atoms with Crippen molar-refractivity contribution < 1.29 is 22.8 Å². The van der Waals surface area contributed by atoms with Gasteiger partial charge in [-0.2, -0.15) is 0 Å². The van der Waals surface area contributed by atoms with Gasteiger partial charge in [0, 0.05) is 0 Å². The smallest absolute Gasteiger partial charge is 0.246 e. The second-order valence-corrected chi connectivity index (χ2v) is 11.7. The predicted molar refractivity (Wildman–Crippen MR) is 123 cm³/mol. The van der Waals surface area contributed by atoms with Gasteiger partial charge in [0.15, 0.2) is 9.84 Å². The van der Waals surface area contributed by atoms with Crippen molar-refractivity contribution >= 4 is 27.6 Å². The van der Waals surface area contributed by atoms with Crippen LogP contribution in [0.1, 0.15) is 37.3 Å². The Morgan fingerprint density at radius 1 is 1.18 bits per heavy atom. The number of nitrogens with one attached hydrogen (secondary N) is 2. The van der Waals surface area contributed by atoms with Crippen LogP contribution in [0.5, 0.6) is 0 Å². The molecule has 0 saturated carbocycles. The number of sulfone groups is 1. The number of primary amides is 1. The zero-order valence-corrected chi connectivity index (χ0v) is 19.8. The summed E-state index contributed by atoms with van der Waals surface area (Å²) in [5, 5.41) is 4.38. The summed E-state index contributed by atoms with van der Waals surface area (Å²) in [5.41, 5.74) is 8.25.